The number of ether oxygens (including phenoxy) is 3. The number of hydrogen-bond donors (Lipinski definition) is 1. The summed E-state index contributed by atoms with van der Waals surface area (Å²) in [5, 5.41) is 0.762. The molecule has 1 aromatic heterocycles. The first-order valence-corrected chi connectivity index (χ1v) is 9.03. The van der Waals surface area contributed by atoms with Gasteiger partial charge in [0.1, 0.15) is 13.2 Å². The molecule has 0 aliphatic carbocycles. The summed E-state index contributed by atoms with van der Waals surface area (Å²) in [4.78, 5) is 18.4. The minimum atomic E-state index is -0.281. The van der Waals surface area contributed by atoms with Gasteiger partial charge in [-0.2, -0.15) is 0 Å². The quantitative estimate of drug-likeness (QED) is 0.869. The normalized spacial score (nSPS) is 27.4. The molecule has 4 aliphatic heterocycles. The first kappa shape index (κ1) is 15.1. The third kappa shape index (κ3) is 2.47. The molecule has 0 saturated carbocycles. The molecule has 0 amide bonds. The molecule has 6 rings (SSSR count). The number of aromatic amines is 1. The number of aromatic nitrogens is 1. The Balaban J connectivity index is 1.40. The van der Waals surface area contributed by atoms with Crippen molar-refractivity contribution in [2.24, 2.45) is 5.41 Å². The molecule has 1 aromatic carbocycles. The Kier molecular flexibility index (Phi) is 3.41. The van der Waals surface area contributed by atoms with E-state index in [1.165, 1.54) is 0 Å². The van der Waals surface area contributed by atoms with Crippen molar-refractivity contribution < 1.29 is 19.0 Å². The predicted molar refractivity (Wildman–Crippen MR) is 92.3 cm³/mol. The van der Waals surface area contributed by atoms with Crippen molar-refractivity contribution >= 4 is 16.9 Å². The Bertz CT molecular complexity index is 806. The molecular formula is C19H22N2O4. The van der Waals surface area contributed by atoms with Crippen molar-refractivity contribution in [1.82, 2.24) is 9.88 Å². The van der Waals surface area contributed by atoms with Crippen LogP contribution in [0.25, 0.3) is 10.9 Å². The highest BCUT2D eigenvalue weighted by Crippen LogP contribution is 2.42. The Hall–Kier alpha value is -2.21. The number of rotatable bonds is 3. The molecule has 2 aromatic rings. The highest BCUT2D eigenvalue weighted by atomic mass is 16.6. The second-order valence-electron chi connectivity index (χ2n) is 7.38. The van der Waals surface area contributed by atoms with Crippen molar-refractivity contribution in [3.63, 3.8) is 0 Å². The first-order valence-electron chi connectivity index (χ1n) is 9.03. The number of nitrogens with zero attached hydrogens (tertiary/aromatic N) is 1. The van der Waals surface area contributed by atoms with Crippen molar-refractivity contribution in [2.75, 3.05) is 39.5 Å². The van der Waals surface area contributed by atoms with E-state index in [2.05, 4.69) is 9.88 Å². The van der Waals surface area contributed by atoms with Crippen LogP contribution >= 0.6 is 0 Å². The average Bonchev–Trinajstić information content (AvgIpc) is 3.12. The summed E-state index contributed by atoms with van der Waals surface area (Å²) in [5.74, 6) is 1.04. The minimum Gasteiger partial charge on any atom is -0.486 e. The Morgan fingerprint density at radius 1 is 1.16 bits per heavy atom. The molecule has 25 heavy (non-hydrogen) atoms. The van der Waals surface area contributed by atoms with Crippen LogP contribution < -0.4 is 9.47 Å². The second-order valence-corrected chi connectivity index (χ2v) is 7.38. The number of nitrogens with one attached hydrogen (secondary N) is 1. The summed E-state index contributed by atoms with van der Waals surface area (Å²) in [6, 6.07) is 3.78. The second kappa shape index (κ2) is 5.66. The fourth-order valence-electron chi connectivity index (χ4n) is 4.30. The van der Waals surface area contributed by atoms with E-state index < -0.39 is 0 Å². The summed E-state index contributed by atoms with van der Waals surface area (Å²) >= 11 is 0. The molecule has 0 radical (unpaired) electrons. The maximum absolute atomic E-state index is 12.8. The van der Waals surface area contributed by atoms with Gasteiger partial charge in [0.05, 0.1) is 23.1 Å². The van der Waals surface area contributed by atoms with Gasteiger partial charge in [0.25, 0.3) is 0 Å². The average molecular weight is 342 g/mol. The number of esters is 1. The van der Waals surface area contributed by atoms with E-state index in [0.717, 1.165) is 49.8 Å². The van der Waals surface area contributed by atoms with Gasteiger partial charge in [-0.1, -0.05) is 0 Å². The monoisotopic (exact) mass is 342 g/mol. The van der Waals surface area contributed by atoms with E-state index in [4.69, 9.17) is 14.2 Å². The van der Waals surface area contributed by atoms with E-state index in [0.29, 0.717) is 36.9 Å². The predicted octanol–water partition coefficient (Wildman–Crippen LogP) is 2.58. The maximum Gasteiger partial charge on any atom is 0.340 e. The van der Waals surface area contributed by atoms with Crippen LogP contribution in [0.3, 0.4) is 0 Å². The number of carbonyl (C=O) groups is 1. The SMILES string of the molecule is O=C(OCC12CCN(CC1)CC2)c1c[nH]c2ccc3c(c12)OCCO3. The molecule has 0 spiro atoms. The summed E-state index contributed by atoms with van der Waals surface area (Å²) in [6.45, 7) is 4.92. The van der Waals surface area contributed by atoms with Gasteiger partial charge in [0, 0.05) is 11.6 Å². The van der Waals surface area contributed by atoms with E-state index in [1.807, 2.05) is 12.1 Å². The molecule has 6 nitrogen and oxygen atoms in total. The molecule has 2 bridgehead atoms. The van der Waals surface area contributed by atoms with Crippen LogP contribution in [0.5, 0.6) is 11.5 Å². The van der Waals surface area contributed by atoms with Crippen LogP contribution in [0, 0.1) is 5.41 Å². The smallest absolute Gasteiger partial charge is 0.340 e. The third-order valence-corrected chi connectivity index (χ3v) is 5.95. The molecule has 0 atom stereocenters. The molecule has 3 saturated heterocycles. The van der Waals surface area contributed by atoms with Crippen LogP contribution in [0.4, 0.5) is 0 Å². The Morgan fingerprint density at radius 2 is 1.92 bits per heavy atom. The van der Waals surface area contributed by atoms with Crippen molar-refractivity contribution in [3.8, 4) is 11.5 Å². The fraction of sp³-hybridized carbons (Fsp3) is 0.526. The Morgan fingerprint density at radius 3 is 2.72 bits per heavy atom. The number of carbonyl (C=O) groups excluding carboxylic acids is 1. The maximum atomic E-state index is 12.8. The Labute approximate surface area is 146 Å². The standard InChI is InChI=1S/C19H22N2O4/c22-18(25-12-19-3-6-21(7-4-19)8-5-19)13-11-20-14-1-2-15-17(16(13)14)24-10-9-23-15/h1-2,11,20H,3-10,12H2. The van der Waals surface area contributed by atoms with Crippen molar-refractivity contribution in [3.05, 3.63) is 23.9 Å². The molecule has 5 heterocycles. The van der Waals surface area contributed by atoms with Crippen LogP contribution in [-0.2, 0) is 4.74 Å². The van der Waals surface area contributed by atoms with Gasteiger partial charge in [-0.05, 0) is 51.0 Å². The largest absolute Gasteiger partial charge is 0.486 e. The molecule has 6 heteroatoms. The highest BCUT2D eigenvalue weighted by Gasteiger charge is 2.40. The van der Waals surface area contributed by atoms with Crippen molar-refractivity contribution in [2.45, 2.75) is 19.3 Å². The lowest BCUT2D eigenvalue weighted by Gasteiger charge is -2.47. The lowest BCUT2D eigenvalue weighted by molar-refractivity contribution is -0.0304. The molecule has 0 unspecified atom stereocenters. The van der Waals surface area contributed by atoms with Crippen LogP contribution in [0.2, 0.25) is 0 Å². The van der Waals surface area contributed by atoms with Crippen LogP contribution in [-0.4, -0.2) is 55.3 Å². The van der Waals surface area contributed by atoms with Gasteiger partial charge in [-0.15, -0.1) is 0 Å². The molecule has 132 valence electrons. The molecule has 4 aliphatic rings. The lowest BCUT2D eigenvalue weighted by Crippen LogP contribution is -2.50. The number of fused-ring (bicyclic) bond motifs is 6. The summed E-state index contributed by atoms with van der Waals surface area (Å²) < 4.78 is 17.2. The molecular weight excluding hydrogens is 320 g/mol. The van der Waals surface area contributed by atoms with Crippen LogP contribution in [0.15, 0.2) is 18.3 Å². The van der Waals surface area contributed by atoms with Gasteiger partial charge < -0.3 is 24.1 Å². The third-order valence-electron chi connectivity index (χ3n) is 5.95. The van der Waals surface area contributed by atoms with E-state index in [9.17, 15) is 4.79 Å². The molecule has 3 fully saturated rings. The van der Waals surface area contributed by atoms with E-state index in [-0.39, 0.29) is 11.4 Å². The van der Waals surface area contributed by atoms with Gasteiger partial charge in [-0.3, -0.25) is 0 Å². The summed E-state index contributed by atoms with van der Waals surface area (Å²) in [6.07, 6.45) is 5.09. The molecule has 1 N–H and O–H groups in total. The zero-order chi connectivity index (χ0) is 16.9. The number of benzene rings is 1. The van der Waals surface area contributed by atoms with Gasteiger partial charge >= 0.3 is 5.97 Å². The lowest BCUT2D eigenvalue weighted by atomic mass is 9.73. The van der Waals surface area contributed by atoms with Gasteiger partial charge in [0.15, 0.2) is 11.5 Å². The minimum absolute atomic E-state index is 0.176. The first-order chi connectivity index (χ1) is 12.2. The van der Waals surface area contributed by atoms with Gasteiger partial charge in [-0.25, -0.2) is 4.79 Å². The highest BCUT2D eigenvalue weighted by molar-refractivity contribution is 6.07. The number of hydrogen-bond acceptors (Lipinski definition) is 5. The topological polar surface area (TPSA) is 63.8 Å². The van der Waals surface area contributed by atoms with E-state index in [1.54, 1.807) is 6.20 Å². The zero-order valence-electron chi connectivity index (χ0n) is 14.2. The van der Waals surface area contributed by atoms with E-state index >= 15 is 0 Å². The number of H-pyrrole nitrogens is 1. The number of piperidine rings is 3. The summed E-state index contributed by atoms with van der Waals surface area (Å²) in [5.41, 5.74) is 1.57. The van der Waals surface area contributed by atoms with Gasteiger partial charge in [0.2, 0.25) is 0 Å². The fourth-order valence-corrected chi connectivity index (χ4v) is 4.30. The zero-order valence-corrected chi connectivity index (χ0v) is 14.2. The summed E-state index contributed by atoms with van der Waals surface area (Å²) in [7, 11) is 0. The van der Waals surface area contributed by atoms with Crippen molar-refractivity contribution in [1.29, 1.82) is 0 Å². The van der Waals surface area contributed by atoms with Crippen LogP contribution in [0.1, 0.15) is 29.6 Å².